The molecule has 0 radical (unpaired) electrons. The molecular formula is C35H29ClN2O6S2. The zero-order valence-electron chi connectivity index (χ0n) is 24.7. The van der Waals surface area contributed by atoms with E-state index in [2.05, 4.69) is 11.1 Å². The smallest absolute Gasteiger partial charge is 0.338 e. The lowest BCUT2D eigenvalue weighted by Crippen LogP contribution is -2.42. The highest BCUT2D eigenvalue weighted by Gasteiger charge is 2.69. The fourth-order valence-electron chi connectivity index (χ4n) is 8.19. The van der Waals surface area contributed by atoms with Crippen molar-refractivity contribution in [3.63, 3.8) is 0 Å². The van der Waals surface area contributed by atoms with Gasteiger partial charge in [0.15, 0.2) is 0 Å². The second-order valence-electron chi connectivity index (χ2n) is 12.2. The number of amides is 2. The lowest BCUT2D eigenvalue weighted by molar-refractivity contribution is -0.123. The van der Waals surface area contributed by atoms with Gasteiger partial charge in [0, 0.05) is 26.6 Å². The van der Waals surface area contributed by atoms with Gasteiger partial charge in [0.05, 0.1) is 34.7 Å². The molecule has 0 spiro atoms. The molecule has 7 atom stereocenters. The summed E-state index contributed by atoms with van der Waals surface area (Å²) in [4.78, 5) is 58.3. The molecule has 11 heteroatoms. The van der Waals surface area contributed by atoms with Crippen molar-refractivity contribution in [3.8, 4) is 5.75 Å². The van der Waals surface area contributed by atoms with E-state index in [1.54, 1.807) is 43.0 Å². The van der Waals surface area contributed by atoms with Crippen LogP contribution in [0.3, 0.4) is 0 Å². The van der Waals surface area contributed by atoms with Crippen molar-refractivity contribution < 1.29 is 23.9 Å². The Labute approximate surface area is 278 Å². The maximum Gasteiger partial charge on any atom is 0.338 e. The van der Waals surface area contributed by atoms with Crippen LogP contribution in [0.4, 0.5) is 5.69 Å². The molecule has 1 saturated heterocycles. The first kappa shape index (κ1) is 29.5. The zero-order chi connectivity index (χ0) is 31.7. The van der Waals surface area contributed by atoms with Crippen LogP contribution < -0.4 is 14.5 Å². The molecule has 2 saturated carbocycles. The molecular weight excluding hydrogens is 644 g/mol. The van der Waals surface area contributed by atoms with Gasteiger partial charge >= 0.3 is 10.8 Å². The van der Waals surface area contributed by atoms with Gasteiger partial charge in [0.2, 0.25) is 11.8 Å². The highest BCUT2D eigenvalue weighted by molar-refractivity contribution is 8.00. The van der Waals surface area contributed by atoms with E-state index < -0.39 is 17.8 Å². The molecule has 8 nitrogen and oxygen atoms in total. The Bertz CT molecular complexity index is 1920. The number of H-pyrrole nitrogens is 1. The molecule has 2 aliphatic carbocycles. The predicted molar refractivity (Wildman–Crippen MR) is 176 cm³/mol. The van der Waals surface area contributed by atoms with E-state index in [9.17, 15) is 19.2 Å². The summed E-state index contributed by atoms with van der Waals surface area (Å²) in [5, 5.41) is 1.56. The third-order valence-corrected chi connectivity index (χ3v) is 12.8. The quantitative estimate of drug-likeness (QED) is 0.176. The number of anilines is 1. The predicted octanol–water partition coefficient (Wildman–Crippen LogP) is 6.52. The van der Waals surface area contributed by atoms with Gasteiger partial charge < -0.3 is 14.5 Å². The van der Waals surface area contributed by atoms with Gasteiger partial charge in [-0.25, -0.2) is 4.79 Å². The number of thiazole rings is 1. The number of imide groups is 1. The van der Waals surface area contributed by atoms with Gasteiger partial charge in [-0.1, -0.05) is 53.3 Å². The highest BCUT2D eigenvalue weighted by Crippen LogP contribution is 2.69. The minimum Gasteiger partial charge on any atom is -0.489 e. The van der Waals surface area contributed by atoms with Gasteiger partial charge in [0.1, 0.15) is 12.4 Å². The Balaban J connectivity index is 1.14. The average Bonchev–Trinajstić information content (AvgIpc) is 3.80. The van der Waals surface area contributed by atoms with Crippen LogP contribution in [0.1, 0.15) is 45.6 Å². The Morgan fingerprint density at radius 3 is 2.41 bits per heavy atom. The van der Waals surface area contributed by atoms with E-state index >= 15 is 0 Å². The van der Waals surface area contributed by atoms with Crippen molar-refractivity contribution >= 4 is 58.2 Å². The van der Waals surface area contributed by atoms with Crippen molar-refractivity contribution in [2.45, 2.75) is 36.1 Å². The number of esters is 1. The molecule has 2 bridgehead atoms. The highest BCUT2D eigenvalue weighted by atomic mass is 35.5. The second-order valence-corrected chi connectivity index (χ2v) is 14.8. The number of carbonyl (C=O) groups is 3. The van der Waals surface area contributed by atoms with Gasteiger partial charge in [-0.3, -0.25) is 19.3 Å². The maximum absolute atomic E-state index is 14.1. The van der Waals surface area contributed by atoms with E-state index in [1.807, 2.05) is 42.5 Å². The van der Waals surface area contributed by atoms with Crippen molar-refractivity contribution in [2.75, 3.05) is 11.5 Å². The number of para-hydroxylation sites is 1. The lowest BCUT2D eigenvalue weighted by atomic mass is 9.68. The summed E-state index contributed by atoms with van der Waals surface area (Å²) in [7, 11) is 0. The minimum atomic E-state index is -0.446. The maximum atomic E-state index is 14.1. The number of aromatic nitrogens is 1. The molecule has 3 aromatic carbocycles. The van der Waals surface area contributed by atoms with Crippen LogP contribution in [0.25, 0.3) is 0 Å². The summed E-state index contributed by atoms with van der Waals surface area (Å²) in [6, 6.07) is 22.0. The van der Waals surface area contributed by atoms with E-state index in [-0.39, 0.29) is 52.2 Å². The summed E-state index contributed by atoms with van der Waals surface area (Å²) in [5.41, 5.74) is 2.80. The molecule has 234 valence electrons. The Morgan fingerprint density at radius 2 is 1.67 bits per heavy atom. The van der Waals surface area contributed by atoms with E-state index in [0.29, 0.717) is 22.9 Å². The second kappa shape index (κ2) is 11.4. The zero-order valence-corrected chi connectivity index (χ0v) is 27.1. The largest absolute Gasteiger partial charge is 0.489 e. The summed E-state index contributed by atoms with van der Waals surface area (Å²) in [5.74, 6) is -1.10. The Kier molecular flexibility index (Phi) is 7.34. The SMILES string of the molecule is CCOC(=O)c1ccc(N2C(=O)C3C4CC(C3C2=O)C2C4Sc3[nH]c(=O)sc3[C@@H]2c2ccccc2OCc2ccc(Cl)cc2)cc1. The van der Waals surface area contributed by atoms with Crippen LogP contribution in [0.15, 0.2) is 82.6 Å². The van der Waals surface area contributed by atoms with Crippen LogP contribution in [0.2, 0.25) is 5.02 Å². The minimum absolute atomic E-state index is 0.00791. The van der Waals surface area contributed by atoms with Gasteiger partial charge in [-0.05, 0) is 79.1 Å². The molecule has 3 heterocycles. The number of nitrogens with one attached hydrogen (secondary N) is 1. The number of carbonyl (C=O) groups excluding carboxylic acids is 3. The Hall–Kier alpha value is -3.86. The van der Waals surface area contributed by atoms with Crippen molar-refractivity contribution in [3.05, 3.63) is 109 Å². The summed E-state index contributed by atoms with van der Waals surface area (Å²) >= 11 is 8.96. The number of thioether (sulfide) groups is 1. The Morgan fingerprint density at radius 1 is 0.957 bits per heavy atom. The lowest BCUT2D eigenvalue weighted by Gasteiger charge is -2.43. The molecule has 4 aromatic rings. The van der Waals surface area contributed by atoms with Crippen LogP contribution in [0, 0.1) is 29.6 Å². The number of nitrogens with zero attached hydrogens (tertiary/aromatic N) is 1. The van der Waals surface area contributed by atoms with Crippen molar-refractivity contribution in [1.29, 1.82) is 0 Å². The standard InChI is InChI=1S/C35H29ClN2O6S2/c1-2-43-34(41)18-9-13-20(14-10-18)38-32(39)27-22-15-23(28(27)33(38)40)29-26(22)25(30-31(45-29)37-35(42)46-30)21-5-3-4-6-24(21)44-16-17-7-11-19(36)12-8-17/h3-14,22-23,25-29H,2,15-16H2,1H3,(H,37,42)/t22?,23?,25-,26?,27?,28?,29?/m1/s1. The van der Waals surface area contributed by atoms with Gasteiger partial charge in [-0.2, -0.15) is 0 Å². The number of hydrogen-bond acceptors (Lipinski definition) is 8. The number of fused-ring (bicyclic) bond motifs is 9. The van der Waals surface area contributed by atoms with Crippen LogP contribution in [-0.2, 0) is 20.9 Å². The number of aromatic amines is 1. The fraction of sp³-hybridized carbons (Fsp3) is 0.314. The topological polar surface area (TPSA) is 106 Å². The molecule has 1 aromatic heterocycles. The monoisotopic (exact) mass is 672 g/mol. The van der Waals surface area contributed by atoms with Crippen LogP contribution in [-0.4, -0.2) is 34.6 Å². The first-order valence-electron chi connectivity index (χ1n) is 15.3. The number of ether oxygens (including phenoxy) is 2. The van der Waals surface area contributed by atoms with Gasteiger partial charge in [-0.15, -0.1) is 11.8 Å². The summed E-state index contributed by atoms with van der Waals surface area (Å²) in [6.45, 7) is 2.36. The third kappa shape index (κ3) is 4.64. The number of rotatable bonds is 7. The van der Waals surface area contributed by atoms with E-state index in [1.165, 1.54) is 16.2 Å². The summed E-state index contributed by atoms with van der Waals surface area (Å²) in [6.07, 6.45) is 0.786. The molecule has 3 fully saturated rings. The molecule has 4 aliphatic rings. The first-order chi connectivity index (χ1) is 22.3. The molecule has 6 unspecified atom stereocenters. The third-order valence-electron chi connectivity index (χ3n) is 9.92. The van der Waals surface area contributed by atoms with E-state index in [4.69, 9.17) is 21.1 Å². The van der Waals surface area contributed by atoms with Crippen molar-refractivity contribution in [2.24, 2.45) is 29.6 Å². The summed E-state index contributed by atoms with van der Waals surface area (Å²) < 4.78 is 11.5. The number of benzene rings is 3. The van der Waals surface area contributed by atoms with Crippen LogP contribution in [0.5, 0.6) is 5.75 Å². The molecule has 1 N–H and O–H groups in total. The number of halogens is 1. The fourth-order valence-corrected chi connectivity index (χ4v) is 11.2. The average molecular weight is 673 g/mol. The molecule has 46 heavy (non-hydrogen) atoms. The molecule has 2 aliphatic heterocycles. The molecule has 8 rings (SSSR count). The van der Waals surface area contributed by atoms with Crippen LogP contribution >= 0.6 is 34.7 Å². The normalized spacial score (nSPS) is 27.3. The first-order valence-corrected chi connectivity index (χ1v) is 17.4. The van der Waals surface area contributed by atoms with Crippen molar-refractivity contribution in [1.82, 2.24) is 4.98 Å². The molecule has 2 amide bonds. The van der Waals surface area contributed by atoms with E-state index in [0.717, 1.165) is 33.2 Å². The van der Waals surface area contributed by atoms with Gasteiger partial charge in [0.25, 0.3) is 0 Å². The number of hydrogen-bond donors (Lipinski definition) is 1.